The molecule has 1 aromatic carbocycles. The third-order valence-electron chi connectivity index (χ3n) is 4.69. The summed E-state index contributed by atoms with van der Waals surface area (Å²) in [6.45, 7) is -0.811. The molecule has 1 aromatic heterocycles. The first kappa shape index (κ1) is 21.4. The largest absolute Gasteiger partial charge is 0.459 e. The first-order valence-electron chi connectivity index (χ1n) is 9.32. The van der Waals surface area contributed by atoms with E-state index in [2.05, 4.69) is 5.32 Å². The van der Waals surface area contributed by atoms with Crippen molar-refractivity contribution < 1.29 is 32.0 Å². The van der Waals surface area contributed by atoms with Crippen molar-refractivity contribution in [3.63, 3.8) is 0 Å². The molecule has 30 heavy (non-hydrogen) atoms. The van der Waals surface area contributed by atoms with Gasteiger partial charge in [-0.2, -0.15) is 13.2 Å². The number of nitrogens with zero attached hydrogens (tertiary/aromatic N) is 1. The van der Waals surface area contributed by atoms with E-state index in [1.54, 1.807) is 23.5 Å². The third-order valence-corrected chi connectivity index (χ3v) is 4.69. The maximum absolute atomic E-state index is 12.7. The molecule has 7 nitrogen and oxygen atoms in total. The minimum atomic E-state index is -4.54. The number of hydrogen-bond acceptors (Lipinski definition) is 4. The molecule has 2 aromatic rings. The van der Waals surface area contributed by atoms with Crippen LogP contribution in [-0.4, -0.2) is 48.4 Å². The second kappa shape index (κ2) is 9.02. The fourth-order valence-electron chi connectivity index (χ4n) is 3.23. The van der Waals surface area contributed by atoms with Gasteiger partial charge in [-0.15, -0.1) is 0 Å². The number of para-hydroxylation sites is 1. The molecular formula is C20H20F3N3O4. The lowest BCUT2D eigenvalue weighted by atomic mass is 9.96. The number of alkyl halides is 3. The minimum Gasteiger partial charge on any atom is -0.459 e. The number of carbonyl (C=O) groups excluding carboxylic acids is 3. The van der Waals surface area contributed by atoms with Crippen LogP contribution in [-0.2, 0) is 4.79 Å². The Morgan fingerprint density at radius 2 is 1.90 bits per heavy atom. The summed E-state index contributed by atoms with van der Waals surface area (Å²) in [7, 11) is 0. The molecule has 3 rings (SSSR count). The van der Waals surface area contributed by atoms with Gasteiger partial charge in [-0.1, -0.05) is 12.1 Å². The molecule has 1 fully saturated rings. The van der Waals surface area contributed by atoms with Crippen LogP contribution in [0.3, 0.4) is 0 Å². The van der Waals surface area contributed by atoms with Crippen LogP contribution in [0.5, 0.6) is 0 Å². The molecule has 0 aliphatic carbocycles. The van der Waals surface area contributed by atoms with E-state index >= 15 is 0 Å². The number of nitrogens with one attached hydrogen (secondary N) is 2. The fraction of sp³-hybridized carbons (Fsp3) is 0.350. The quantitative estimate of drug-likeness (QED) is 0.773. The topological polar surface area (TPSA) is 91.7 Å². The Morgan fingerprint density at radius 1 is 1.13 bits per heavy atom. The average Bonchev–Trinajstić information content (AvgIpc) is 3.26. The highest BCUT2D eigenvalue weighted by molar-refractivity contribution is 6.04. The van der Waals surface area contributed by atoms with Crippen LogP contribution in [0.1, 0.15) is 33.8 Å². The summed E-state index contributed by atoms with van der Waals surface area (Å²) >= 11 is 0. The minimum absolute atomic E-state index is 0.0746. The number of piperidine rings is 1. The molecular weight excluding hydrogens is 403 g/mol. The SMILES string of the molecule is O=C(NCC(F)(F)F)c1ccccc1NC(=O)[C@@H]1CCCN(C(=O)c2ccco2)C1. The number of rotatable bonds is 5. The zero-order valence-corrected chi connectivity index (χ0v) is 15.9. The fourth-order valence-corrected chi connectivity index (χ4v) is 3.23. The highest BCUT2D eigenvalue weighted by Crippen LogP contribution is 2.22. The van der Waals surface area contributed by atoms with E-state index in [0.717, 1.165) is 0 Å². The van der Waals surface area contributed by atoms with Gasteiger partial charge in [0.05, 0.1) is 23.4 Å². The van der Waals surface area contributed by atoms with E-state index in [0.29, 0.717) is 19.4 Å². The Kier molecular flexibility index (Phi) is 6.43. The van der Waals surface area contributed by atoms with Crippen LogP contribution in [0.15, 0.2) is 47.1 Å². The van der Waals surface area contributed by atoms with Gasteiger partial charge in [-0.25, -0.2) is 0 Å². The molecule has 0 radical (unpaired) electrons. The highest BCUT2D eigenvalue weighted by atomic mass is 19.4. The summed E-state index contributed by atoms with van der Waals surface area (Å²) < 4.78 is 42.2. The Bertz CT molecular complexity index is 912. The van der Waals surface area contributed by atoms with Crippen molar-refractivity contribution in [2.75, 3.05) is 25.0 Å². The summed E-state index contributed by atoms with van der Waals surface area (Å²) in [5, 5.41) is 4.40. The van der Waals surface area contributed by atoms with Crippen molar-refractivity contribution in [2.45, 2.75) is 19.0 Å². The number of amides is 3. The van der Waals surface area contributed by atoms with Crippen LogP contribution in [0, 0.1) is 5.92 Å². The molecule has 2 heterocycles. The van der Waals surface area contributed by atoms with E-state index in [4.69, 9.17) is 4.42 Å². The van der Waals surface area contributed by atoms with Crippen molar-refractivity contribution in [1.82, 2.24) is 10.2 Å². The Hall–Kier alpha value is -3.30. The summed E-state index contributed by atoms with van der Waals surface area (Å²) in [4.78, 5) is 38.8. The van der Waals surface area contributed by atoms with E-state index in [1.165, 1.54) is 29.4 Å². The predicted octanol–water partition coefficient (Wildman–Crippen LogP) is 3.06. The lowest BCUT2D eigenvalue weighted by Gasteiger charge is -2.31. The van der Waals surface area contributed by atoms with Crippen molar-refractivity contribution in [2.24, 2.45) is 5.92 Å². The summed E-state index contributed by atoms with van der Waals surface area (Å²) in [5.74, 6) is -2.01. The number of halogens is 3. The summed E-state index contributed by atoms with van der Waals surface area (Å²) in [6.07, 6.45) is -2.00. The maximum atomic E-state index is 12.7. The van der Waals surface area contributed by atoms with E-state index < -0.39 is 30.5 Å². The van der Waals surface area contributed by atoms with Gasteiger partial charge in [0.1, 0.15) is 6.54 Å². The number of carbonyl (C=O) groups is 3. The van der Waals surface area contributed by atoms with Crippen LogP contribution < -0.4 is 10.6 Å². The Morgan fingerprint density at radius 3 is 2.60 bits per heavy atom. The van der Waals surface area contributed by atoms with Crippen molar-refractivity contribution >= 4 is 23.4 Å². The van der Waals surface area contributed by atoms with Gasteiger partial charge in [0, 0.05) is 13.1 Å². The van der Waals surface area contributed by atoms with E-state index in [1.807, 2.05) is 0 Å². The van der Waals surface area contributed by atoms with Crippen LogP contribution >= 0.6 is 0 Å². The second-order valence-electron chi connectivity index (χ2n) is 6.90. The smallest absolute Gasteiger partial charge is 0.405 e. The van der Waals surface area contributed by atoms with Gasteiger partial charge in [-0.3, -0.25) is 14.4 Å². The van der Waals surface area contributed by atoms with Crippen molar-refractivity contribution in [1.29, 1.82) is 0 Å². The van der Waals surface area contributed by atoms with Crippen LogP contribution in [0.4, 0.5) is 18.9 Å². The maximum Gasteiger partial charge on any atom is 0.405 e. The van der Waals surface area contributed by atoms with Crippen molar-refractivity contribution in [3.8, 4) is 0 Å². The zero-order chi connectivity index (χ0) is 21.7. The lowest BCUT2D eigenvalue weighted by Crippen LogP contribution is -2.43. The molecule has 1 saturated heterocycles. The highest BCUT2D eigenvalue weighted by Gasteiger charge is 2.31. The van der Waals surface area contributed by atoms with E-state index in [9.17, 15) is 27.6 Å². The van der Waals surface area contributed by atoms with Gasteiger partial charge in [0.15, 0.2) is 5.76 Å². The molecule has 0 spiro atoms. The number of benzene rings is 1. The standard InChI is InChI=1S/C20H20F3N3O4/c21-20(22,23)12-24-18(28)14-6-1-2-7-15(14)25-17(27)13-5-3-9-26(11-13)19(29)16-8-4-10-30-16/h1-2,4,6-8,10,13H,3,5,9,11-12H2,(H,24,28)(H,25,27)/t13-/m1/s1. The van der Waals surface area contributed by atoms with Crippen LogP contribution in [0.25, 0.3) is 0 Å². The molecule has 3 amide bonds. The second-order valence-corrected chi connectivity index (χ2v) is 6.90. The number of furan rings is 1. The molecule has 0 bridgehead atoms. The first-order chi connectivity index (χ1) is 14.2. The number of hydrogen-bond donors (Lipinski definition) is 2. The molecule has 1 aliphatic rings. The zero-order valence-electron chi connectivity index (χ0n) is 15.9. The monoisotopic (exact) mass is 423 g/mol. The summed E-state index contributed by atoms with van der Waals surface area (Å²) in [6, 6.07) is 8.96. The first-order valence-corrected chi connectivity index (χ1v) is 9.32. The number of anilines is 1. The average molecular weight is 423 g/mol. The normalized spacial score (nSPS) is 16.8. The molecule has 10 heteroatoms. The predicted molar refractivity (Wildman–Crippen MR) is 101 cm³/mol. The molecule has 160 valence electrons. The van der Waals surface area contributed by atoms with Gasteiger partial charge in [0.25, 0.3) is 11.8 Å². The van der Waals surface area contributed by atoms with Gasteiger partial charge in [-0.05, 0) is 37.1 Å². The Labute approximate surface area is 170 Å². The molecule has 0 unspecified atom stereocenters. The Balaban J connectivity index is 1.66. The van der Waals surface area contributed by atoms with Gasteiger partial charge < -0.3 is 20.0 Å². The van der Waals surface area contributed by atoms with Crippen LogP contribution in [0.2, 0.25) is 0 Å². The molecule has 2 N–H and O–H groups in total. The molecule has 1 atom stereocenters. The van der Waals surface area contributed by atoms with Crippen molar-refractivity contribution in [3.05, 3.63) is 54.0 Å². The lowest BCUT2D eigenvalue weighted by molar-refractivity contribution is -0.123. The third kappa shape index (κ3) is 5.40. The molecule has 0 saturated carbocycles. The summed E-state index contributed by atoms with van der Waals surface area (Å²) in [5.41, 5.74) is 0.0334. The number of likely N-dealkylation sites (tertiary alicyclic amines) is 1. The molecule has 1 aliphatic heterocycles. The van der Waals surface area contributed by atoms with E-state index in [-0.39, 0.29) is 29.5 Å². The van der Waals surface area contributed by atoms with Gasteiger partial charge in [0.2, 0.25) is 5.91 Å². The van der Waals surface area contributed by atoms with Gasteiger partial charge >= 0.3 is 6.18 Å².